The first-order valence-corrected chi connectivity index (χ1v) is 5.68. The van der Waals surface area contributed by atoms with E-state index in [1.54, 1.807) is 0 Å². The van der Waals surface area contributed by atoms with Crippen LogP contribution in [0.15, 0.2) is 34.5 Å². The van der Waals surface area contributed by atoms with E-state index in [-0.39, 0.29) is 11.9 Å². The van der Waals surface area contributed by atoms with E-state index in [1.165, 1.54) is 16.7 Å². The van der Waals surface area contributed by atoms with Crippen LogP contribution in [0.25, 0.3) is 5.57 Å². The second kappa shape index (κ2) is 5.31. The minimum Gasteiger partial charge on any atom is -0.370 e. The van der Waals surface area contributed by atoms with Crippen LogP contribution in [0.3, 0.4) is 0 Å². The second-order valence-corrected chi connectivity index (χ2v) is 3.99. The molecule has 0 spiro atoms. The van der Waals surface area contributed by atoms with Gasteiger partial charge in [0.05, 0.1) is 0 Å². The number of pyridine rings is 1. The van der Waals surface area contributed by atoms with E-state index in [0.29, 0.717) is 6.54 Å². The summed E-state index contributed by atoms with van der Waals surface area (Å²) in [6.07, 6.45) is 7.65. The maximum absolute atomic E-state index is 5.52. The minimum atomic E-state index is -0.0779. The zero-order valence-electron chi connectivity index (χ0n) is 10.0. The van der Waals surface area contributed by atoms with E-state index in [1.807, 2.05) is 18.5 Å². The molecule has 1 aromatic heterocycles. The number of fused-ring (bicyclic) bond motifs is 1. The Hall–Kier alpha value is -2.37. The molecular weight excluding hydrogens is 228 g/mol. The monoisotopic (exact) mass is 244 g/mol. The number of allylic oxidation sites excluding steroid dienone is 1. The van der Waals surface area contributed by atoms with Gasteiger partial charge < -0.3 is 17.2 Å². The smallest absolute Gasteiger partial charge is 0.218 e. The Morgan fingerprint density at radius 1 is 1.33 bits per heavy atom. The van der Waals surface area contributed by atoms with Crippen molar-refractivity contribution in [1.82, 2.24) is 4.98 Å². The van der Waals surface area contributed by atoms with E-state index >= 15 is 0 Å². The molecule has 0 aliphatic heterocycles. The number of aromatic nitrogens is 1. The Kier molecular flexibility index (Phi) is 3.57. The van der Waals surface area contributed by atoms with Gasteiger partial charge in [0.25, 0.3) is 0 Å². The molecule has 1 heterocycles. The molecule has 6 N–H and O–H groups in total. The van der Waals surface area contributed by atoms with Crippen LogP contribution in [0, 0.1) is 0 Å². The fourth-order valence-electron chi connectivity index (χ4n) is 1.93. The van der Waals surface area contributed by atoms with Gasteiger partial charge in [-0.1, -0.05) is 6.08 Å². The Balaban J connectivity index is 1.95. The summed E-state index contributed by atoms with van der Waals surface area (Å²) >= 11 is 0. The quantitative estimate of drug-likeness (QED) is 0.512. The van der Waals surface area contributed by atoms with Gasteiger partial charge in [-0.3, -0.25) is 9.98 Å². The average molecular weight is 244 g/mol. The molecule has 2 rings (SSSR count). The Morgan fingerprint density at radius 2 is 2.17 bits per heavy atom. The molecule has 94 valence electrons. The summed E-state index contributed by atoms with van der Waals surface area (Å²) < 4.78 is 0. The first-order valence-electron chi connectivity index (χ1n) is 5.68. The molecule has 0 amide bonds. The average Bonchev–Trinajstić information content (AvgIpc) is 2.72. The first-order chi connectivity index (χ1) is 8.66. The predicted molar refractivity (Wildman–Crippen MR) is 72.8 cm³/mol. The van der Waals surface area contributed by atoms with Gasteiger partial charge in [0.2, 0.25) is 5.96 Å². The summed E-state index contributed by atoms with van der Waals surface area (Å²) in [4.78, 5) is 11.9. The number of aliphatic imine (C=N–C) groups is 2. The number of guanidine groups is 2. The lowest BCUT2D eigenvalue weighted by Crippen LogP contribution is -2.26. The molecule has 1 aromatic rings. The van der Waals surface area contributed by atoms with Crippen molar-refractivity contribution in [3.05, 3.63) is 35.7 Å². The molecule has 18 heavy (non-hydrogen) atoms. The Bertz CT molecular complexity index is 525. The van der Waals surface area contributed by atoms with Crippen molar-refractivity contribution in [1.29, 1.82) is 0 Å². The number of nitrogens with two attached hydrogens (primary N) is 3. The van der Waals surface area contributed by atoms with E-state index < -0.39 is 0 Å². The SMILES string of the molecule is NC(N)=NC(N)=NCCC1=CCc2ccncc21. The van der Waals surface area contributed by atoms with Crippen LogP contribution in [-0.4, -0.2) is 23.4 Å². The number of rotatable bonds is 3. The summed E-state index contributed by atoms with van der Waals surface area (Å²) in [5, 5.41) is 0. The Labute approximate surface area is 105 Å². The number of nitrogens with zero attached hydrogens (tertiary/aromatic N) is 3. The highest BCUT2D eigenvalue weighted by Gasteiger charge is 2.12. The molecule has 6 nitrogen and oxygen atoms in total. The highest BCUT2D eigenvalue weighted by molar-refractivity contribution is 5.92. The van der Waals surface area contributed by atoms with Crippen LogP contribution < -0.4 is 17.2 Å². The van der Waals surface area contributed by atoms with Gasteiger partial charge in [-0.25, -0.2) is 0 Å². The topological polar surface area (TPSA) is 116 Å². The maximum Gasteiger partial charge on any atom is 0.218 e. The largest absolute Gasteiger partial charge is 0.370 e. The molecule has 0 aromatic carbocycles. The van der Waals surface area contributed by atoms with Gasteiger partial charge in [0, 0.05) is 18.9 Å². The highest BCUT2D eigenvalue weighted by Crippen LogP contribution is 2.28. The van der Waals surface area contributed by atoms with Crippen LogP contribution in [-0.2, 0) is 6.42 Å². The molecule has 0 bridgehead atoms. The molecule has 0 radical (unpaired) electrons. The van der Waals surface area contributed by atoms with Crippen molar-refractivity contribution in [2.24, 2.45) is 27.2 Å². The molecular formula is C12H16N6. The second-order valence-electron chi connectivity index (χ2n) is 3.99. The van der Waals surface area contributed by atoms with E-state index in [0.717, 1.165) is 12.8 Å². The lowest BCUT2D eigenvalue weighted by Gasteiger charge is -2.03. The number of hydrogen-bond donors (Lipinski definition) is 3. The van der Waals surface area contributed by atoms with Crippen molar-refractivity contribution in [2.75, 3.05) is 6.54 Å². The van der Waals surface area contributed by atoms with E-state index in [4.69, 9.17) is 17.2 Å². The minimum absolute atomic E-state index is 0.0779. The maximum atomic E-state index is 5.52. The normalized spacial score (nSPS) is 14.0. The van der Waals surface area contributed by atoms with Gasteiger partial charge in [0.15, 0.2) is 5.96 Å². The molecule has 6 heteroatoms. The highest BCUT2D eigenvalue weighted by atomic mass is 15.1. The summed E-state index contributed by atoms with van der Waals surface area (Å²) in [7, 11) is 0. The summed E-state index contributed by atoms with van der Waals surface area (Å²) in [6, 6.07) is 2.04. The van der Waals surface area contributed by atoms with Crippen LogP contribution in [0.5, 0.6) is 0 Å². The number of hydrogen-bond acceptors (Lipinski definition) is 2. The fourth-order valence-corrected chi connectivity index (χ4v) is 1.93. The van der Waals surface area contributed by atoms with Crippen molar-refractivity contribution in [3.63, 3.8) is 0 Å². The zero-order valence-corrected chi connectivity index (χ0v) is 10.0. The molecule has 0 unspecified atom stereocenters. The molecule has 0 fully saturated rings. The summed E-state index contributed by atoms with van der Waals surface area (Å²) in [5.74, 6) is 0.0332. The zero-order chi connectivity index (χ0) is 13.0. The molecule has 1 aliphatic rings. The molecule has 0 saturated heterocycles. The van der Waals surface area contributed by atoms with Crippen LogP contribution in [0.4, 0.5) is 0 Å². The summed E-state index contributed by atoms with van der Waals surface area (Å²) in [6.45, 7) is 0.558. The van der Waals surface area contributed by atoms with Gasteiger partial charge >= 0.3 is 0 Å². The van der Waals surface area contributed by atoms with Gasteiger partial charge in [0.1, 0.15) is 0 Å². The van der Waals surface area contributed by atoms with Crippen LogP contribution >= 0.6 is 0 Å². The van der Waals surface area contributed by atoms with Crippen LogP contribution in [0.1, 0.15) is 17.5 Å². The van der Waals surface area contributed by atoms with Gasteiger partial charge in [-0.15, -0.1) is 0 Å². The van der Waals surface area contributed by atoms with Crippen molar-refractivity contribution in [2.45, 2.75) is 12.8 Å². The predicted octanol–water partition coefficient (Wildman–Crippen LogP) is -0.000700. The molecule has 0 atom stereocenters. The van der Waals surface area contributed by atoms with Crippen molar-refractivity contribution in [3.8, 4) is 0 Å². The van der Waals surface area contributed by atoms with Gasteiger partial charge in [-0.05, 0) is 35.6 Å². The lowest BCUT2D eigenvalue weighted by molar-refractivity contribution is 1.01. The first kappa shape index (κ1) is 12.1. The molecule has 1 aliphatic carbocycles. The van der Waals surface area contributed by atoms with Crippen molar-refractivity contribution >= 4 is 17.5 Å². The van der Waals surface area contributed by atoms with E-state index in [9.17, 15) is 0 Å². The third-order valence-electron chi connectivity index (χ3n) is 2.72. The third-order valence-corrected chi connectivity index (χ3v) is 2.72. The Morgan fingerprint density at radius 3 is 2.94 bits per heavy atom. The molecule has 0 saturated carbocycles. The van der Waals surface area contributed by atoms with E-state index in [2.05, 4.69) is 21.0 Å². The van der Waals surface area contributed by atoms with Gasteiger partial charge in [-0.2, -0.15) is 4.99 Å². The lowest BCUT2D eigenvalue weighted by atomic mass is 10.1. The third kappa shape index (κ3) is 2.85. The standard InChI is InChI=1S/C12H16N6/c13-11(14)18-12(15)17-6-4-9-2-1-8-3-5-16-7-10(8)9/h2-3,5,7H,1,4,6H2,(H6,13,14,15,17,18). The summed E-state index contributed by atoms with van der Waals surface area (Å²) in [5.41, 5.74) is 19.7. The fraction of sp³-hybridized carbons (Fsp3) is 0.250. The van der Waals surface area contributed by atoms with Crippen molar-refractivity contribution < 1.29 is 0 Å². The van der Waals surface area contributed by atoms with Crippen LogP contribution in [0.2, 0.25) is 0 Å².